The normalized spacial score (nSPS) is 11.1. The number of carbonyl (C=O) groups excluding carboxylic acids is 1. The average molecular weight is 410 g/mol. The van der Waals surface area contributed by atoms with E-state index in [4.69, 9.17) is 4.74 Å². The van der Waals surface area contributed by atoms with E-state index in [1.807, 2.05) is 62.4 Å². The summed E-state index contributed by atoms with van der Waals surface area (Å²) in [4.78, 5) is 25.9. The lowest BCUT2D eigenvalue weighted by Crippen LogP contribution is -2.14. The summed E-state index contributed by atoms with van der Waals surface area (Å²) in [5.41, 5.74) is 6.44. The molecule has 0 saturated carbocycles. The smallest absolute Gasteiger partial charge is 0.275 e. The summed E-state index contributed by atoms with van der Waals surface area (Å²) in [6.07, 6.45) is 3.28. The largest absolute Gasteiger partial charge is 0.497 e. The lowest BCUT2D eigenvalue weighted by atomic mass is 10.1. The van der Waals surface area contributed by atoms with E-state index in [0.29, 0.717) is 11.2 Å². The third-order valence-electron chi connectivity index (χ3n) is 4.99. The maximum absolute atomic E-state index is 12.6. The molecule has 0 aliphatic carbocycles. The average Bonchev–Trinajstić information content (AvgIpc) is 2.79. The van der Waals surface area contributed by atoms with Crippen molar-refractivity contribution in [2.75, 3.05) is 12.4 Å². The van der Waals surface area contributed by atoms with Crippen LogP contribution in [0.4, 0.5) is 11.4 Å². The number of fused-ring (bicyclic) bond motifs is 1. The van der Waals surface area contributed by atoms with Gasteiger partial charge in [0, 0.05) is 11.9 Å². The Hall–Kier alpha value is -4.06. The fourth-order valence-corrected chi connectivity index (χ4v) is 3.04. The molecule has 0 saturated heterocycles. The second-order valence-electron chi connectivity index (χ2n) is 7.21. The van der Waals surface area contributed by atoms with Crippen LogP contribution in [0.25, 0.3) is 11.0 Å². The van der Waals surface area contributed by atoms with Gasteiger partial charge < -0.3 is 10.1 Å². The lowest BCUT2D eigenvalue weighted by molar-refractivity contribution is 0.102. The minimum absolute atomic E-state index is 0.275. The SMILES string of the molecule is COc1ccc(C=Nc2ccc(NC(=O)c3cnc4cc(C)c(C)cc4n3)cc2)cc1. The van der Waals surface area contributed by atoms with Crippen LogP contribution in [0.3, 0.4) is 0 Å². The third-order valence-corrected chi connectivity index (χ3v) is 4.99. The Morgan fingerprint density at radius 3 is 2.32 bits per heavy atom. The number of rotatable bonds is 5. The number of hydrogen-bond donors (Lipinski definition) is 1. The van der Waals surface area contributed by atoms with Gasteiger partial charge in [0.15, 0.2) is 0 Å². The first-order chi connectivity index (χ1) is 15.0. The fourth-order valence-electron chi connectivity index (χ4n) is 3.04. The molecule has 1 N–H and O–H groups in total. The number of carbonyl (C=O) groups is 1. The number of ether oxygens (including phenoxy) is 1. The van der Waals surface area contributed by atoms with Crippen LogP contribution in [-0.2, 0) is 0 Å². The molecule has 0 fully saturated rings. The van der Waals surface area contributed by atoms with Crippen molar-refractivity contribution in [1.29, 1.82) is 0 Å². The van der Waals surface area contributed by atoms with Gasteiger partial charge in [-0.3, -0.25) is 14.8 Å². The molecule has 0 bridgehead atoms. The van der Waals surface area contributed by atoms with Crippen molar-refractivity contribution in [2.45, 2.75) is 13.8 Å². The molecule has 6 nitrogen and oxygen atoms in total. The van der Waals surface area contributed by atoms with Crippen LogP contribution in [0.15, 0.2) is 71.9 Å². The highest BCUT2D eigenvalue weighted by Crippen LogP contribution is 2.19. The third kappa shape index (κ3) is 4.75. The van der Waals surface area contributed by atoms with E-state index in [2.05, 4.69) is 20.3 Å². The number of aryl methyl sites for hydroxylation is 2. The zero-order valence-electron chi connectivity index (χ0n) is 17.6. The van der Waals surface area contributed by atoms with Gasteiger partial charge >= 0.3 is 0 Å². The van der Waals surface area contributed by atoms with Gasteiger partial charge in [-0.15, -0.1) is 0 Å². The van der Waals surface area contributed by atoms with Crippen LogP contribution >= 0.6 is 0 Å². The minimum Gasteiger partial charge on any atom is -0.497 e. The maximum atomic E-state index is 12.6. The number of nitrogens with zero attached hydrogens (tertiary/aromatic N) is 3. The van der Waals surface area contributed by atoms with E-state index in [1.54, 1.807) is 25.5 Å². The molecule has 1 amide bonds. The molecule has 6 heteroatoms. The second kappa shape index (κ2) is 8.75. The summed E-state index contributed by atoms with van der Waals surface area (Å²) < 4.78 is 5.15. The summed E-state index contributed by atoms with van der Waals surface area (Å²) in [5.74, 6) is 0.501. The Bertz CT molecular complexity index is 1260. The topological polar surface area (TPSA) is 76.5 Å². The van der Waals surface area contributed by atoms with Crippen molar-refractivity contribution in [3.8, 4) is 5.75 Å². The van der Waals surface area contributed by atoms with Crippen LogP contribution in [0.2, 0.25) is 0 Å². The standard InChI is InChI=1S/C25H22N4O2/c1-16-12-22-23(13-17(16)2)29-24(15-27-22)25(30)28-20-8-6-19(7-9-20)26-14-18-4-10-21(31-3)11-5-18/h4-15H,1-3H3,(H,28,30). The number of amides is 1. The maximum Gasteiger partial charge on any atom is 0.275 e. The zero-order chi connectivity index (χ0) is 21.8. The van der Waals surface area contributed by atoms with Gasteiger partial charge in [0.1, 0.15) is 11.4 Å². The summed E-state index contributed by atoms with van der Waals surface area (Å²) in [7, 11) is 1.64. The highest BCUT2D eigenvalue weighted by atomic mass is 16.5. The quantitative estimate of drug-likeness (QED) is 0.456. The van der Waals surface area contributed by atoms with Crippen molar-refractivity contribution in [2.24, 2.45) is 4.99 Å². The first kappa shape index (κ1) is 20.2. The molecule has 3 aromatic carbocycles. The molecule has 1 aromatic heterocycles. The molecule has 4 rings (SSSR count). The van der Waals surface area contributed by atoms with Crippen molar-refractivity contribution >= 4 is 34.5 Å². The van der Waals surface area contributed by atoms with E-state index in [9.17, 15) is 4.79 Å². The molecular weight excluding hydrogens is 388 g/mol. The molecule has 0 radical (unpaired) electrons. The Balaban J connectivity index is 1.44. The highest BCUT2D eigenvalue weighted by Gasteiger charge is 2.10. The van der Waals surface area contributed by atoms with Crippen molar-refractivity contribution < 1.29 is 9.53 Å². The minimum atomic E-state index is -0.304. The predicted molar refractivity (Wildman–Crippen MR) is 124 cm³/mol. The number of benzene rings is 3. The van der Waals surface area contributed by atoms with E-state index >= 15 is 0 Å². The number of aromatic nitrogens is 2. The number of methoxy groups -OCH3 is 1. The number of nitrogens with one attached hydrogen (secondary N) is 1. The molecule has 0 unspecified atom stereocenters. The van der Waals surface area contributed by atoms with E-state index < -0.39 is 0 Å². The van der Waals surface area contributed by atoms with Crippen molar-refractivity contribution in [3.05, 3.63) is 89.2 Å². The first-order valence-corrected chi connectivity index (χ1v) is 9.85. The van der Waals surface area contributed by atoms with E-state index in [0.717, 1.165) is 33.6 Å². The molecule has 0 aliphatic rings. The van der Waals surface area contributed by atoms with Gasteiger partial charge in [-0.25, -0.2) is 4.98 Å². The van der Waals surface area contributed by atoms with E-state index in [1.165, 1.54) is 6.20 Å². The van der Waals surface area contributed by atoms with Gasteiger partial charge in [-0.1, -0.05) is 0 Å². The Kier molecular flexibility index (Phi) is 5.71. The summed E-state index contributed by atoms with van der Waals surface area (Å²) in [5, 5.41) is 2.86. The van der Waals surface area contributed by atoms with Gasteiger partial charge in [0.25, 0.3) is 5.91 Å². The number of hydrogen-bond acceptors (Lipinski definition) is 5. The molecule has 154 valence electrons. The van der Waals surface area contributed by atoms with Crippen LogP contribution in [0, 0.1) is 13.8 Å². The van der Waals surface area contributed by atoms with Gasteiger partial charge in [-0.05, 0) is 91.2 Å². The highest BCUT2D eigenvalue weighted by molar-refractivity contribution is 6.03. The lowest BCUT2D eigenvalue weighted by Gasteiger charge is -2.07. The van der Waals surface area contributed by atoms with Crippen LogP contribution in [-0.4, -0.2) is 29.2 Å². The second-order valence-corrected chi connectivity index (χ2v) is 7.21. The molecule has 1 heterocycles. The fraction of sp³-hybridized carbons (Fsp3) is 0.120. The summed E-state index contributed by atoms with van der Waals surface area (Å²) >= 11 is 0. The monoisotopic (exact) mass is 410 g/mol. The summed E-state index contributed by atoms with van der Waals surface area (Å²) in [6.45, 7) is 4.05. The molecule has 31 heavy (non-hydrogen) atoms. The zero-order valence-corrected chi connectivity index (χ0v) is 17.6. The number of anilines is 1. The van der Waals surface area contributed by atoms with Gasteiger partial charge in [0.2, 0.25) is 0 Å². The van der Waals surface area contributed by atoms with Crippen molar-refractivity contribution in [1.82, 2.24) is 9.97 Å². The molecule has 4 aromatic rings. The summed E-state index contributed by atoms with van der Waals surface area (Å²) in [6, 6.07) is 18.9. The molecule has 0 spiro atoms. The van der Waals surface area contributed by atoms with Gasteiger partial charge in [0.05, 0.1) is 30.0 Å². The Morgan fingerprint density at radius 2 is 1.65 bits per heavy atom. The Labute approximate surface area is 180 Å². The first-order valence-electron chi connectivity index (χ1n) is 9.85. The van der Waals surface area contributed by atoms with Crippen molar-refractivity contribution in [3.63, 3.8) is 0 Å². The molecule has 0 aliphatic heterocycles. The van der Waals surface area contributed by atoms with Crippen LogP contribution in [0.5, 0.6) is 5.75 Å². The number of aliphatic imine (C=N–C) groups is 1. The molecule has 0 atom stereocenters. The molecular formula is C25H22N4O2. The van der Waals surface area contributed by atoms with E-state index in [-0.39, 0.29) is 11.6 Å². The van der Waals surface area contributed by atoms with Crippen LogP contribution in [0.1, 0.15) is 27.2 Å². The van der Waals surface area contributed by atoms with Crippen LogP contribution < -0.4 is 10.1 Å². The van der Waals surface area contributed by atoms with Gasteiger partial charge in [-0.2, -0.15) is 0 Å². The predicted octanol–water partition coefficient (Wildman–Crippen LogP) is 5.26. The Morgan fingerprint density at radius 1 is 0.968 bits per heavy atom.